The maximum absolute atomic E-state index is 2.34. The van der Waals surface area contributed by atoms with Crippen LogP contribution >= 0.6 is 20.7 Å². The summed E-state index contributed by atoms with van der Waals surface area (Å²) in [7, 11) is 0. The number of alkyl halides is 1. The van der Waals surface area contributed by atoms with Crippen LogP contribution in [0.15, 0.2) is 0 Å². The zero-order valence-corrected chi connectivity index (χ0v) is 7.31. The molecule has 2 unspecified atom stereocenters. The molecule has 0 bridgehead atoms. The Morgan fingerprint density at radius 2 is 2.62 bits per heavy atom. The highest BCUT2D eigenvalue weighted by molar-refractivity contribution is 14.2. The van der Waals surface area contributed by atoms with Crippen LogP contribution in [0.4, 0.5) is 0 Å². The summed E-state index contributed by atoms with van der Waals surface area (Å²) in [6, 6.07) is 0. The highest BCUT2D eigenvalue weighted by Gasteiger charge is 2.37. The molecule has 0 aromatic heterocycles. The molecule has 0 aromatic carbocycles. The summed E-state index contributed by atoms with van der Waals surface area (Å²) in [5.41, 5.74) is 0. The van der Waals surface area contributed by atoms with E-state index in [1.165, 1.54) is 10.3 Å². The first-order valence-electron chi connectivity index (χ1n) is 3.39. The van der Waals surface area contributed by atoms with Gasteiger partial charge in [0.1, 0.15) is 0 Å². The number of halogens is 1. The fourth-order valence-corrected chi connectivity index (χ4v) is 5.31. The molecule has 0 amide bonds. The van der Waals surface area contributed by atoms with Crippen LogP contribution in [0.5, 0.6) is 0 Å². The van der Waals surface area contributed by atoms with Crippen molar-refractivity contribution in [1.29, 1.82) is 0 Å². The Labute approximate surface area is 60.4 Å². The van der Waals surface area contributed by atoms with Crippen molar-refractivity contribution >= 4 is 24.2 Å². The van der Waals surface area contributed by atoms with Gasteiger partial charge in [0.25, 0.3) is 0 Å². The SMILES string of the molecule is CCC1CC2CC2=I1. The number of fused-ring (bicyclic) bond motifs is 1. The van der Waals surface area contributed by atoms with Crippen molar-refractivity contribution in [2.24, 2.45) is 5.92 Å². The molecule has 0 aromatic rings. The largest absolute Gasteiger partial charge is 0.120 e. The molecule has 1 saturated carbocycles. The zero-order chi connectivity index (χ0) is 5.56. The minimum Gasteiger partial charge on any atom is -0.120 e. The molecule has 1 aliphatic carbocycles. The summed E-state index contributed by atoms with van der Waals surface area (Å²) < 4.78 is 3.19. The van der Waals surface area contributed by atoms with Gasteiger partial charge in [-0.25, -0.2) is 0 Å². The molecule has 0 spiro atoms. The van der Waals surface area contributed by atoms with Crippen LogP contribution in [0, 0.1) is 5.92 Å². The van der Waals surface area contributed by atoms with E-state index in [0.717, 1.165) is 5.92 Å². The molecule has 2 atom stereocenters. The lowest BCUT2D eigenvalue weighted by Crippen LogP contribution is -1.92. The van der Waals surface area contributed by atoms with Crippen LogP contribution in [-0.2, 0) is 0 Å². The Hall–Kier alpha value is 0.600. The second kappa shape index (κ2) is 1.79. The first kappa shape index (κ1) is 5.39. The highest BCUT2D eigenvalue weighted by atomic mass is 127. The summed E-state index contributed by atoms with van der Waals surface area (Å²) in [5.74, 6) is 1.16. The number of hydrogen-bond acceptors (Lipinski definition) is 0. The molecule has 0 nitrogen and oxygen atoms in total. The molecule has 1 fully saturated rings. The molecule has 2 aliphatic rings. The second-order valence-corrected chi connectivity index (χ2v) is 6.47. The Balaban J connectivity index is 2.06. The molecular formula is C7H11I. The van der Waals surface area contributed by atoms with Gasteiger partial charge in [-0.1, -0.05) is 6.92 Å². The molecule has 0 N–H and O–H groups in total. The van der Waals surface area contributed by atoms with Crippen molar-refractivity contribution in [1.82, 2.24) is 0 Å². The minimum absolute atomic E-state index is 0.604. The Morgan fingerprint density at radius 1 is 1.75 bits per heavy atom. The van der Waals surface area contributed by atoms with Crippen LogP contribution in [0.25, 0.3) is 0 Å². The van der Waals surface area contributed by atoms with Gasteiger partial charge in [-0.15, -0.1) is 20.7 Å². The molecule has 1 heteroatoms. The lowest BCUT2D eigenvalue weighted by atomic mass is 10.2. The van der Waals surface area contributed by atoms with Crippen molar-refractivity contribution in [3.63, 3.8) is 0 Å². The van der Waals surface area contributed by atoms with E-state index in [9.17, 15) is 0 Å². The minimum atomic E-state index is 0.604. The number of hydrogen-bond donors (Lipinski definition) is 0. The molecule has 1 aliphatic heterocycles. The topological polar surface area (TPSA) is 0 Å². The van der Waals surface area contributed by atoms with Gasteiger partial charge in [-0.3, -0.25) is 0 Å². The lowest BCUT2D eigenvalue weighted by molar-refractivity contribution is 0.718. The predicted molar refractivity (Wildman–Crippen MR) is 45.8 cm³/mol. The molecule has 46 valence electrons. The van der Waals surface area contributed by atoms with Crippen molar-refractivity contribution in [3.8, 4) is 0 Å². The smallest absolute Gasteiger partial charge is 0.00651 e. The summed E-state index contributed by atoms with van der Waals surface area (Å²) in [5, 5.41) is 0. The average molecular weight is 222 g/mol. The summed E-state index contributed by atoms with van der Waals surface area (Å²) in [6.07, 6.45) is 4.59. The van der Waals surface area contributed by atoms with Crippen LogP contribution in [-0.4, -0.2) is 7.43 Å². The molecule has 2 rings (SSSR count). The Morgan fingerprint density at radius 3 is 3.00 bits per heavy atom. The Bertz CT molecular complexity index is 137. The van der Waals surface area contributed by atoms with Gasteiger partial charge in [-0.2, -0.15) is 0 Å². The van der Waals surface area contributed by atoms with E-state index >= 15 is 0 Å². The van der Waals surface area contributed by atoms with E-state index in [1.54, 1.807) is 12.8 Å². The van der Waals surface area contributed by atoms with Gasteiger partial charge in [0, 0.05) is 3.92 Å². The maximum atomic E-state index is 2.34. The normalized spacial score (nSPS) is 42.4. The molecule has 0 radical (unpaired) electrons. The van der Waals surface area contributed by atoms with Crippen molar-refractivity contribution in [2.45, 2.75) is 30.1 Å². The fraction of sp³-hybridized carbons (Fsp3) is 0.857. The van der Waals surface area contributed by atoms with E-state index in [0.29, 0.717) is 20.7 Å². The summed E-state index contributed by atoms with van der Waals surface area (Å²) >= 11 is 0.604. The number of rotatable bonds is 1. The van der Waals surface area contributed by atoms with Crippen molar-refractivity contribution in [2.75, 3.05) is 0 Å². The fourth-order valence-electron chi connectivity index (χ4n) is 1.32. The van der Waals surface area contributed by atoms with Crippen LogP contribution in [0.2, 0.25) is 0 Å². The molecule has 1 heterocycles. The van der Waals surface area contributed by atoms with Gasteiger partial charge in [0.05, 0.1) is 0 Å². The summed E-state index contributed by atoms with van der Waals surface area (Å²) in [6.45, 7) is 2.34. The Kier molecular flexibility index (Phi) is 1.21. The molecular weight excluding hydrogens is 211 g/mol. The van der Waals surface area contributed by atoms with E-state index in [1.807, 2.05) is 3.51 Å². The summed E-state index contributed by atoms with van der Waals surface area (Å²) in [4.78, 5) is 0. The first-order valence-corrected chi connectivity index (χ1v) is 5.71. The van der Waals surface area contributed by atoms with Crippen LogP contribution in [0.3, 0.4) is 0 Å². The zero-order valence-electron chi connectivity index (χ0n) is 5.15. The van der Waals surface area contributed by atoms with Gasteiger partial charge in [0.15, 0.2) is 0 Å². The van der Waals surface area contributed by atoms with Gasteiger partial charge in [-0.05, 0) is 28.7 Å². The first-order chi connectivity index (χ1) is 3.90. The van der Waals surface area contributed by atoms with Gasteiger partial charge < -0.3 is 0 Å². The molecule has 0 saturated heterocycles. The third-order valence-corrected chi connectivity index (χ3v) is 6.39. The second-order valence-electron chi connectivity index (χ2n) is 2.70. The van der Waals surface area contributed by atoms with Gasteiger partial charge in [0.2, 0.25) is 0 Å². The van der Waals surface area contributed by atoms with Gasteiger partial charge >= 0.3 is 0 Å². The van der Waals surface area contributed by atoms with Crippen molar-refractivity contribution in [3.05, 3.63) is 0 Å². The third-order valence-electron chi connectivity index (χ3n) is 2.00. The molecule has 8 heavy (non-hydrogen) atoms. The van der Waals surface area contributed by atoms with Crippen molar-refractivity contribution < 1.29 is 0 Å². The average Bonchev–Trinajstić information content (AvgIpc) is 2.40. The van der Waals surface area contributed by atoms with E-state index in [-0.39, 0.29) is 0 Å². The van der Waals surface area contributed by atoms with Crippen LogP contribution in [0.1, 0.15) is 26.2 Å². The lowest BCUT2D eigenvalue weighted by Gasteiger charge is -2.00. The monoisotopic (exact) mass is 222 g/mol. The predicted octanol–water partition coefficient (Wildman–Crippen LogP) is 2.33. The van der Waals surface area contributed by atoms with E-state index in [2.05, 4.69) is 6.92 Å². The van der Waals surface area contributed by atoms with Crippen LogP contribution < -0.4 is 0 Å². The standard InChI is InChI=1S/C7H11I/c1-2-6-3-5-4-7(5)8-6/h5-6H,2-4H2,1H3. The van der Waals surface area contributed by atoms with E-state index < -0.39 is 0 Å². The highest BCUT2D eigenvalue weighted by Crippen LogP contribution is 2.47. The maximum Gasteiger partial charge on any atom is 0.00651 e. The third kappa shape index (κ3) is 0.751. The quantitative estimate of drug-likeness (QED) is 0.471. The van der Waals surface area contributed by atoms with E-state index in [4.69, 9.17) is 0 Å².